The molecule has 0 bridgehead atoms. The Kier molecular flexibility index (Phi) is 8.33. The summed E-state index contributed by atoms with van der Waals surface area (Å²) in [5.41, 5.74) is 4.27. The molecule has 1 saturated heterocycles. The first-order chi connectivity index (χ1) is 19.7. The van der Waals surface area contributed by atoms with E-state index in [2.05, 4.69) is 5.32 Å². The van der Waals surface area contributed by atoms with Gasteiger partial charge in [0, 0.05) is 5.69 Å². The van der Waals surface area contributed by atoms with Crippen LogP contribution in [0.4, 0.5) is 10.5 Å². The number of halogens is 1. The maximum Gasteiger partial charge on any atom is 0.294 e. The van der Waals surface area contributed by atoms with Gasteiger partial charge in [-0.3, -0.25) is 19.3 Å². The van der Waals surface area contributed by atoms with Crippen molar-refractivity contribution in [1.82, 2.24) is 4.90 Å². The minimum Gasteiger partial charge on any atom is -0.493 e. The van der Waals surface area contributed by atoms with Gasteiger partial charge in [-0.05, 0) is 89.0 Å². The molecule has 1 fully saturated rings. The molecule has 0 radical (unpaired) electrons. The predicted molar refractivity (Wildman–Crippen MR) is 164 cm³/mol. The topological polar surface area (TPSA) is 84.9 Å². The van der Waals surface area contributed by atoms with Crippen LogP contribution in [-0.4, -0.2) is 35.6 Å². The summed E-state index contributed by atoms with van der Waals surface area (Å²) in [6.45, 7) is 3.81. The van der Waals surface area contributed by atoms with Crippen molar-refractivity contribution in [3.63, 3.8) is 0 Å². The van der Waals surface area contributed by atoms with Crippen LogP contribution in [-0.2, 0) is 16.2 Å². The third-order valence-corrected chi connectivity index (χ3v) is 7.96. The fraction of sp³-hybridized carbons (Fsp3) is 0.156. The van der Waals surface area contributed by atoms with Gasteiger partial charge >= 0.3 is 0 Å². The second-order valence-corrected chi connectivity index (χ2v) is 11.0. The van der Waals surface area contributed by atoms with Crippen molar-refractivity contribution in [2.75, 3.05) is 19.0 Å². The Bertz CT molecular complexity index is 1710. The van der Waals surface area contributed by atoms with Crippen LogP contribution in [0.15, 0.2) is 77.7 Å². The summed E-state index contributed by atoms with van der Waals surface area (Å²) in [5, 5.41) is 4.71. The number of nitrogens with one attached hydrogen (secondary N) is 1. The highest BCUT2D eigenvalue weighted by Gasteiger charge is 2.36. The van der Waals surface area contributed by atoms with E-state index >= 15 is 0 Å². The number of fused-ring (bicyclic) bond motifs is 1. The quantitative estimate of drug-likeness (QED) is 0.217. The van der Waals surface area contributed by atoms with Crippen molar-refractivity contribution in [3.05, 3.63) is 105 Å². The smallest absolute Gasteiger partial charge is 0.294 e. The molecule has 0 aliphatic carbocycles. The molecule has 41 heavy (non-hydrogen) atoms. The zero-order valence-electron chi connectivity index (χ0n) is 22.7. The number of imide groups is 1. The summed E-state index contributed by atoms with van der Waals surface area (Å²) in [4.78, 5) is 39.3. The summed E-state index contributed by atoms with van der Waals surface area (Å²) in [6.07, 6.45) is 1.55. The van der Waals surface area contributed by atoms with Crippen LogP contribution in [0.25, 0.3) is 16.8 Å². The minimum absolute atomic E-state index is 0.177. The second-order valence-electron chi connectivity index (χ2n) is 9.58. The Hall–Kier alpha value is -4.27. The molecule has 9 heteroatoms. The number of thioether (sulfide) groups is 1. The number of amides is 3. The van der Waals surface area contributed by atoms with Gasteiger partial charge in [-0.15, -0.1) is 0 Å². The van der Waals surface area contributed by atoms with Gasteiger partial charge in [-0.2, -0.15) is 0 Å². The molecule has 0 unspecified atom stereocenters. The molecular formula is C32H27ClN2O5S. The highest BCUT2D eigenvalue weighted by atomic mass is 35.5. The number of methoxy groups -OCH3 is 1. The zero-order chi connectivity index (χ0) is 29.1. The van der Waals surface area contributed by atoms with Crippen LogP contribution in [0.3, 0.4) is 0 Å². The fourth-order valence-corrected chi connectivity index (χ4v) is 5.59. The van der Waals surface area contributed by atoms with Crippen LogP contribution in [0.5, 0.6) is 11.5 Å². The zero-order valence-corrected chi connectivity index (χ0v) is 24.3. The number of aryl methyl sites for hydroxylation is 2. The molecule has 1 heterocycles. The third-order valence-electron chi connectivity index (χ3n) is 6.77. The number of benzene rings is 4. The standard InChI is InChI=1S/C32H27ClN2O5S/c1-19-11-12-24(13-20(19)2)34-29(36)17-35-31(37)28(41-32(35)38)16-21-14-26(33)30(27(15-21)39-3)40-18-23-9-6-8-22-7-4-5-10-25(22)23/h4-16H,17-18H2,1-3H3,(H,34,36)/b28-16+. The predicted octanol–water partition coefficient (Wildman–Crippen LogP) is 7.37. The van der Waals surface area contributed by atoms with Gasteiger partial charge in [-0.25, -0.2) is 0 Å². The maximum atomic E-state index is 13.0. The van der Waals surface area contributed by atoms with E-state index in [1.165, 1.54) is 7.11 Å². The lowest BCUT2D eigenvalue weighted by Gasteiger charge is -2.15. The van der Waals surface area contributed by atoms with Crippen LogP contribution in [0, 0.1) is 13.8 Å². The van der Waals surface area contributed by atoms with Crippen LogP contribution in [0.1, 0.15) is 22.3 Å². The summed E-state index contributed by atoms with van der Waals surface area (Å²) in [6, 6.07) is 22.9. The average Bonchev–Trinajstić information content (AvgIpc) is 3.21. The first kappa shape index (κ1) is 28.3. The average molecular weight is 587 g/mol. The van der Waals surface area contributed by atoms with Gasteiger partial charge in [0.05, 0.1) is 17.0 Å². The molecule has 208 valence electrons. The number of hydrogen-bond acceptors (Lipinski definition) is 6. The Morgan fingerprint density at radius 2 is 1.78 bits per heavy atom. The van der Waals surface area contributed by atoms with Gasteiger partial charge in [-0.1, -0.05) is 60.1 Å². The molecule has 7 nitrogen and oxygen atoms in total. The fourth-order valence-electron chi connectivity index (χ4n) is 4.48. The van der Waals surface area contributed by atoms with Gasteiger partial charge in [0.25, 0.3) is 11.1 Å². The van der Waals surface area contributed by atoms with E-state index in [1.54, 1.807) is 24.3 Å². The molecule has 0 saturated carbocycles. The normalized spacial score (nSPS) is 14.1. The summed E-state index contributed by atoms with van der Waals surface area (Å²) >= 11 is 7.35. The monoisotopic (exact) mass is 586 g/mol. The molecule has 1 N–H and O–H groups in total. The second kappa shape index (κ2) is 12.1. The lowest BCUT2D eigenvalue weighted by Crippen LogP contribution is -2.36. The molecule has 4 aromatic rings. The number of carbonyl (C=O) groups excluding carboxylic acids is 3. The number of anilines is 1. The lowest BCUT2D eigenvalue weighted by atomic mass is 10.1. The maximum absolute atomic E-state index is 13.0. The lowest BCUT2D eigenvalue weighted by molar-refractivity contribution is -0.127. The minimum atomic E-state index is -0.554. The summed E-state index contributed by atoms with van der Waals surface area (Å²) in [5.74, 6) is -0.262. The van der Waals surface area contributed by atoms with E-state index < -0.39 is 17.1 Å². The number of rotatable bonds is 8. The van der Waals surface area contributed by atoms with E-state index in [0.717, 1.165) is 44.1 Å². The van der Waals surface area contributed by atoms with Crippen molar-refractivity contribution >= 4 is 63.0 Å². The molecule has 4 aromatic carbocycles. The van der Waals surface area contributed by atoms with Crippen molar-refractivity contribution in [1.29, 1.82) is 0 Å². The van der Waals surface area contributed by atoms with E-state index in [4.69, 9.17) is 21.1 Å². The van der Waals surface area contributed by atoms with Gasteiger partial charge in [0.1, 0.15) is 13.2 Å². The Morgan fingerprint density at radius 3 is 2.56 bits per heavy atom. The van der Waals surface area contributed by atoms with E-state index in [-0.39, 0.29) is 18.1 Å². The first-order valence-corrected chi connectivity index (χ1v) is 14.0. The van der Waals surface area contributed by atoms with Gasteiger partial charge in [0.2, 0.25) is 5.91 Å². The molecular weight excluding hydrogens is 560 g/mol. The SMILES string of the molecule is COc1cc(/C=C2/SC(=O)N(CC(=O)Nc3ccc(C)c(C)c3)C2=O)cc(Cl)c1OCc1cccc2ccccc12. The summed E-state index contributed by atoms with van der Waals surface area (Å²) < 4.78 is 11.6. The third kappa shape index (κ3) is 6.24. The molecule has 0 aromatic heterocycles. The van der Waals surface area contributed by atoms with Gasteiger partial charge < -0.3 is 14.8 Å². The van der Waals surface area contributed by atoms with Gasteiger partial charge in [0.15, 0.2) is 11.5 Å². The number of nitrogens with zero attached hydrogens (tertiary/aromatic N) is 1. The van der Waals surface area contributed by atoms with Crippen molar-refractivity contribution in [3.8, 4) is 11.5 Å². The molecule has 0 atom stereocenters. The summed E-state index contributed by atoms with van der Waals surface area (Å²) in [7, 11) is 1.50. The highest BCUT2D eigenvalue weighted by molar-refractivity contribution is 8.18. The number of hydrogen-bond donors (Lipinski definition) is 1. The molecule has 1 aliphatic heterocycles. The Morgan fingerprint density at radius 1 is 1.00 bits per heavy atom. The molecule has 0 spiro atoms. The molecule has 5 rings (SSSR count). The van der Waals surface area contributed by atoms with E-state index in [9.17, 15) is 14.4 Å². The molecule has 1 aliphatic rings. The van der Waals surface area contributed by atoms with Crippen molar-refractivity contribution in [2.24, 2.45) is 0 Å². The Balaban J connectivity index is 1.30. The largest absolute Gasteiger partial charge is 0.493 e. The van der Waals surface area contributed by atoms with Crippen LogP contribution >= 0.6 is 23.4 Å². The Labute approximate surface area is 247 Å². The molecule has 3 amide bonds. The van der Waals surface area contributed by atoms with Crippen molar-refractivity contribution < 1.29 is 23.9 Å². The van der Waals surface area contributed by atoms with Crippen molar-refractivity contribution in [2.45, 2.75) is 20.5 Å². The van der Waals surface area contributed by atoms with E-state index in [0.29, 0.717) is 27.8 Å². The number of carbonyl (C=O) groups is 3. The van der Waals surface area contributed by atoms with E-state index in [1.807, 2.05) is 68.4 Å². The number of ether oxygens (including phenoxy) is 2. The van der Waals surface area contributed by atoms with Crippen LogP contribution in [0.2, 0.25) is 5.02 Å². The highest BCUT2D eigenvalue weighted by Crippen LogP contribution is 2.39. The first-order valence-electron chi connectivity index (χ1n) is 12.8. The van der Waals surface area contributed by atoms with Crippen LogP contribution < -0.4 is 14.8 Å².